The van der Waals surface area contributed by atoms with Crippen molar-refractivity contribution in [1.82, 2.24) is 0 Å². The Balaban J connectivity index is 1.85. The summed E-state index contributed by atoms with van der Waals surface area (Å²) in [5.41, 5.74) is 1.95. The fraction of sp³-hybridized carbons (Fsp3) is 0.389. The van der Waals surface area contributed by atoms with Gasteiger partial charge in [-0.05, 0) is 44.0 Å². The van der Waals surface area contributed by atoms with Gasteiger partial charge in [-0.3, -0.25) is 4.79 Å². The van der Waals surface area contributed by atoms with Gasteiger partial charge in [0.2, 0.25) is 5.91 Å². The minimum absolute atomic E-state index is 0.110. The summed E-state index contributed by atoms with van der Waals surface area (Å²) in [6, 6.07) is 8.53. The van der Waals surface area contributed by atoms with Gasteiger partial charge in [0, 0.05) is 23.5 Å². The summed E-state index contributed by atoms with van der Waals surface area (Å²) in [6.07, 6.45) is 13.5. The van der Waals surface area contributed by atoms with E-state index in [-0.39, 0.29) is 5.91 Å². The number of amides is 1. The molecule has 1 aliphatic rings. The largest absolute Gasteiger partial charge is 0.382 e. The highest BCUT2D eigenvalue weighted by atomic mass is 16.1. The number of rotatable bonds is 5. The molecule has 1 aromatic carbocycles. The molecule has 0 aliphatic heterocycles. The van der Waals surface area contributed by atoms with Crippen LogP contribution in [0, 0.1) is 0 Å². The van der Waals surface area contributed by atoms with Crippen molar-refractivity contribution in [2.24, 2.45) is 0 Å². The topological polar surface area (TPSA) is 41.1 Å². The third kappa shape index (κ3) is 5.46. The molecule has 1 aromatic rings. The Morgan fingerprint density at radius 3 is 2.38 bits per heavy atom. The second-order valence-electron chi connectivity index (χ2n) is 5.43. The SMILES string of the molecule is C/C=C/C=C/C(=O)Nc1ccc(NC2CCCCC2)cc1. The molecule has 1 amide bonds. The van der Waals surface area contributed by atoms with Crippen molar-refractivity contribution >= 4 is 17.3 Å². The highest BCUT2D eigenvalue weighted by molar-refractivity contribution is 5.99. The third-order valence-corrected chi connectivity index (χ3v) is 3.68. The average Bonchev–Trinajstić information content (AvgIpc) is 2.51. The summed E-state index contributed by atoms with van der Waals surface area (Å²) in [6.45, 7) is 1.92. The van der Waals surface area contributed by atoms with Crippen LogP contribution in [-0.2, 0) is 4.79 Å². The van der Waals surface area contributed by atoms with Gasteiger partial charge in [0.1, 0.15) is 0 Å². The van der Waals surface area contributed by atoms with E-state index in [4.69, 9.17) is 0 Å². The summed E-state index contributed by atoms with van der Waals surface area (Å²) >= 11 is 0. The first kappa shape index (κ1) is 15.4. The van der Waals surface area contributed by atoms with E-state index in [9.17, 15) is 4.79 Å². The summed E-state index contributed by atoms with van der Waals surface area (Å²) in [5.74, 6) is -0.110. The van der Waals surface area contributed by atoms with Crippen LogP contribution in [0.4, 0.5) is 11.4 Å². The highest BCUT2D eigenvalue weighted by Crippen LogP contribution is 2.22. The first-order valence-electron chi connectivity index (χ1n) is 7.75. The molecule has 112 valence electrons. The quantitative estimate of drug-likeness (QED) is 0.617. The van der Waals surface area contributed by atoms with Gasteiger partial charge in [0.05, 0.1) is 0 Å². The number of benzene rings is 1. The summed E-state index contributed by atoms with van der Waals surface area (Å²) in [4.78, 5) is 11.6. The molecule has 0 spiro atoms. The van der Waals surface area contributed by atoms with Crippen LogP contribution in [-0.4, -0.2) is 11.9 Å². The molecule has 2 N–H and O–H groups in total. The van der Waals surface area contributed by atoms with Crippen LogP contribution in [0.15, 0.2) is 48.6 Å². The van der Waals surface area contributed by atoms with E-state index in [1.165, 1.54) is 38.2 Å². The Bertz CT molecular complexity index is 496. The van der Waals surface area contributed by atoms with E-state index < -0.39 is 0 Å². The van der Waals surface area contributed by atoms with Gasteiger partial charge < -0.3 is 10.6 Å². The maximum Gasteiger partial charge on any atom is 0.248 e. The van der Waals surface area contributed by atoms with Crippen molar-refractivity contribution in [2.75, 3.05) is 10.6 Å². The average molecular weight is 284 g/mol. The van der Waals surface area contributed by atoms with Crippen molar-refractivity contribution < 1.29 is 4.79 Å². The molecule has 0 saturated heterocycles. The van der Waals surface area contributed by atoms with Gasteiger partial charge in [-0.1, -0.05) is 37.5 Å². The van der Waals surface area contributed by atoms with Crippen molar-refractivity contribution in [3.05, 3.63) is 48.6 Å². The second kappa shape index (κ2) is 8.30. The van der Waals surface area contributed by atoms with Crippen molar-refractivity contribution in [2.45, 2.75) is 45.1 Å². The maximum atomic E-state index is 11.6. The monoisotopic (exact) mass is 284 g/mol. The van der Waals surface area contributed by atoms with Gasteiger partial charge in [-0.2, -0.15) is 0 Å². The number of anilines is 2. The van der Waals surface area contributed by atoms with Gasteiger partial charge in [-0.15, -0.1) is 0 Å². The molecular weight excluding hydrogens is 260 g/mol. The van der Waals surface area contributed by atoms with Crippen LogP contribution in [0.3, 0.4) is 0 Å². The maximum absolute atomic E-state index is 11.6. The third-order valence-electron chi connectivity index (χ3n) is 3.68. The number of carbonyl (C=O) groups excluding carboxylic acids is 1. The summed E-state index contributed by atoms with van der Waals surface area (Å²) < 4.78 is 0. The van der Waals surface area contributed by atoms with Crippen molar-refractivity contribution in [1.29, 1.82) is 0 Å². The Kier molecular flexibility index (Phi) is 6.07. The minimum atomic E-state index is -0.110. The highest BCUT2D eigenvalue weighted by Gasteiger charge is 2.12. The Morgan fingerprint density at radius 2 is 1.71 bits per heavy atom. The molecular formula is C18H24N2O. The van der Waals surface area contributed by atoms with E-state index >= 15 is 0 Å². The predicted octanol–water partition coefficient (Wildman–Crippen LogP) is 4.50. The molecule has 0 heterocycles. The molecule has 1 saturated carbocycles. The van der Waals surface area contributed by atoms with Crippen LogP contribution in [0.25, 0.3) is 0 Å². The minimum Gasteiger partial charge on any atom is -0.382 e. The van der Waals surface area contributed by atoms with E-state index in [0.717, 1.165) is 11.4 Å². The lowest BCUT2D eigenvalue weighted by Crippen LogP contribution is -2.22. The van der Waals surface area contributed by atoms with Crippen LogP contribution in [0.1, 0.15) is 39.0 Å². The molecule has 3 nitrogen and oxygen atoms in total. The zero-order valence-electron chi connectivity index (χ0n) is 12.6. The molecule has 3 heteroatoms. The lowest BCUT2D eigenvalue weighted by Gasteiger charge is -2.23. The van der Waals surface area contributed by atoms with Gasteiger partial charge in [0.15, 0.2) is 0 Å². The summed E-state index contributed by atoms with van der Waals surface area (Å²) in [5, 5.41) is 6.41. The molecule has 1 aliphatic carbocycles. The fourth-order valence-corrected chi connectivity index (χ4v) is 2.57. The normalized spacial score (nSPS) is 16.4. The predicted molar refractivity (Wildman–Crippen MR) is 89.5 cm³/mol. The Labute approximate surface area is 127 Å². The van der Waals surface area contributed by atoms with Crippen LogP contribution in [0.2, 0.25) is 0 Å². The standard InChI is InChI=1S/C18H24N2O/c1-2-3-5-10-18(21)20-17-13-11-16(12-14-17)19-15-8-6-4-7-9-15/h2-3,5,10-15,19H,4,6-9H2,1H3,(H,20,21)/b3-2+,10-5+. The van der Waals surface area contributed by atoms with Crippen molar-refractivity contribution in [3.8, 4) is 0 Å². The van der Waals surface area contributed by atoms with Gasteiger partial charge in [-0.25, -0.2) is 0 Å². The fourth-order valence-electron chi connectivity index (χ4n) is 2.57. The molecule has 21 heavy (non-hydrogen) atoms. The van der Waals surface area contributed by atoms with Crippen LogP contribution >= 0.6 is 0 Å². The number of carbonyl (C=O) groups is 1. The van der Waals surface area contributed by atoms with Crippen molar-refractivity contribution in [3.63, 3.8) is 0 Å². The second-order valence-corrected chi connectivity index (χ2v) is 5.43. The molecule has 0 atom stereocenters. The molecule has 0 aromatic heterocycles. The number of hydrogen-bond donors (Lipinski definition) is 2. The zero-order valence-corrected chi connectivity index (χ0v) is 12.6. The number of hydrogen-bond acceptors (Lipinski definition) is 2. The molecule has 2 rings (SSSR count). The Hall–Kier alpha value is -2.03. The van der Waals surface area contributed by atoms with E-state index in [1.54, 1.807) is 6.08 Å². The molecule has 0 bridgehead atoms. The molecule has 0 radical (unpaired) electrons. The van der Waals surface area contributed by atoms with E-state index in [0.29, 0.717) is 6.04 Å². The van der Waals surface area contributed by atoms with E-state index in [2.05, 4.69) is 10.6 Å². The number of allylic oxidation sites excluding steroid dienone is 3. The molecule has 0 unspecified atom stereocenters. The molecule has 1 fully saturated rings. The van der Waals surface area contributed by atoms with Crippen LogP contribution < -0.4 is 10.6 Å². The lowest BCUT2D eigenvalue weighted by molar-refractivity contribution is -0.111. The van der Waals surface area contributed by atoms with Crippen LogP contribution in [0.5, 0.6) is 0 Å². The van der Waals surface area contributed by atoms with Gasteiger partial charge >= 0.3 is 0 Å². The smallest absolute Gasteiger partial charge is 0.248 e. The van der Waals surface area contributed by atoms with E-state index in [1.807, 2.05) is 43.3 Å². The number of nitrogens with one attached hydrogen (secondary N) is 2. The van der Waals surface area contributed by atoms with Gasteiger partial charge in [0.25, 0.3) is 0 Å². The lowest BCUT2D eigenvalue weighted by atomic mass is 9.95. The summed E-state index contributed by atoms with van der Waals surface area (Å²) in [7, 11) is 0. The zero-order chi connectivity index (χ0) is 14.9. The first-order valence-corrected chi connectivity index (χ1v) is 7.75. The Morgan fingerprint density at radius 1 is 1.05 bits per heavy atom. The first-order chi connectivity index (χ1) is 10.3.